The highest BCUT2D eigenvalue weighted by Gasteiger charge is 2.14. The molecule has 1 rings (SSSR count). The van der Waals surface area contributed by atoms with Crippen molar-refractivity contribution in [1.29, 1.82) is 0 Å². The van der Waals surface area contributed by atoms with Gasteiger partial charge >= 0.3 is 0 Å². The van der Waals surface area contributed by atoms with E-state index in [4.69, 9.17) is 4.74 Å². The number of carbonyl (C=O) groups excluding carboxylic acids is 1. The van der Waals surface area contributed by atoms with Crippen LogP contribution in [0.15, 0.2) is 18.2 Å². The van der Waals surface area contributed by atoms with Crippen LogP contribution in [0.25, 0.3) is 0 Å². The van der Waals surface area contributed by atoms with Gasteiger partial charge in [-0.1, -0.05) is 6.07 Å². The van der Waals surface area contributed by atoms with Crippen molar-refractivity contribution in [1.82, 2.24) is 10.2 Å². The number of hydrogen-bond acceptors (Lipinski definition) is 3. The van der Waals surface area contributed by atoms with Crippen molar-refractivity contribution < 1.29 is 13.9 Å². The van der Waals surface area contributed by atoms with E-state index in [2.05, 4.69) is 5.32 Å². The number of carbonyl (C=O) groups is 1. The van der Waals surface area contributed by atoms with Gasteiger partial charge in [-0.05, 0) is 33.9 Å². The number of halogens is 1. The Balaban J connectivity index is 2.81. The molecule has 1 aromatic carbocycles. The van der Waals surface area contributed by atoms with E-state index in [1.165, 1.54) is 12.1 Å². The van der Waals surface area contributed by atoms with Crippen molar-refractivity contribution in [3.8, 4) is 5.75 Å². The Bertz CT molecular complexity index is 447. The Morgan fingerprint density at radius 2 is 2.05 bits per heavy atom. The number of rotatable bonds is 7. The number of nitrogens with one attached hydrogen (secondary N) is 1. The van der Waals surface area contributed by atoms with Crippen molar-refractivity contribution in [2.75, 3.05) is 26.7 Å². The van der Waals surface area contributed by atoms with Gasteiger partial charge in [-0.3, -0.25) is 4.79 Å². The number of likely N-dealkylation sites (N-methyl/N-ethyl adjacent to an activating group) is 1. The molecule has 0 bridgehead atoms. The second kappa shape index (κ2) is 7.85. The molecule has 0 fully saturated rings. The number of nitrogens with zero attached hydrogens (tertiary/aromatic N) is 1. The maximum Gasteiger partial charge on any atom is 0.260 e. The molecule has 0 aromatic heterocycles. The highest BCUT2D eigenvalue weighted by molar-refractivity contribution is 5.77. The SMILES string of the molecule is CCN(CC)C(=O)COc1cc(F)ccc1C(C)NC. The molecule has 0 aliphatic rings. The van der Waals surface area contributed by atoms with Gasteiger partial charge in [-0.15, -0.1) is 0 Å². The monoisotopic (exact) mass is 282 g/mol. The van der Waals surface area contributed by atoms with Gasteiger partial charge in [0.05, 0.1) is 0 Å². The van der Waals surface area contributed by atoms with E-state index in [1.54, 1.807) is 11.0 Å². The van der Waals surface area contributed by atoms with Crippen LogP contribution in [0.2, 0.25) is 0 Å². The quantitative estimate of drug-likeness (QED) is 0.834. The molecule has 1 atom stereocenters. The van der Waals surface area contributed by atoms with Crippen molar-refractivity contribution in [3.63, 3.8) is 0 Å². The third-order valence-corrected chi connectivity index (χ3v) is 3.34. The third kappa shape index (κ3) is 4.20. The topological polar surface area (TPSA) is 41.6 Å². The van der Waals surface area contributed by atoms with Crippen LogP contribution in [-0.2, 0) is 4.79 Å². The van der Waals surface area contributed by atoms with Crippen molar-refractivity contribution in [2.24, 2.45) is 0 Å². The summed E-state index contributed by atoms with van der Waals surface area (Å²) < 4.78 is 18.9. The zero-order chi connectivity index (χ0) is 15.1. The normalized spacial score (nSPS) is 12.1. The maximum atomic E-state index is 13.3. The molecule has 0 radical (unpaired) electrons. The molecule has 0 aliphatic heterocycles. The number of hydrogen-bond donors (Lipinski definition) is 1. The third-order valence-electron chi connectivity index (χ3n) is 3.34. The fraction of sp³-hybridized carbons (Fsp3) is 0.533. The predicted molar refractivity (Wildman–Crippen MR) is 77.3 cm³/mol. The van der Waals surface area contributed by atoms with Crippen LogP contribution in [0, 0.1) is 5.82 Å². The lowest BCUT2D eigenvalue weighted by Gasteiger charge is -2.20. The molecule has 0 spiro atoms. The summed E-state index contributed by atoms with van der Waals surface area (Å²) in [7, 11) is 1.82. The summed E-state index contributed by atoms with van der Waals surface area (Å²) in [6.07, 6.45) is 0. The van der Waals surface area contributed by atoms with Gasteiger partial charge in [0.1, 0.15) is 11.6 Å². The van der Waals surface area contributed by atoms with Gasteiger partial charge in [0.2, 0.25) is 0 Å². The van der Waals surface area contributed by atoms with E-state index < -0.39 is 0 Å². The van der Waals surface area contributed by atoms with E-state index in [9.17, 15) is 9.18 Å². The molecule has 1 aromatic rings. The van der Waals surface area contributed by atoms with Gasteiger partial charge in [0, 0.05) is 30.8 Å². The summed E-state index contributed by atoms with van der Waals surface area (Å²) >= 11 is 0. The van der Waals surface area contributed by atoms with Crippen LogP contribution in [0.4, 0.5) is 4.39 Å². The summed E-state index contributed by atoms with van der Waals surface area (Å²) in [5.74, 6) is -0.0583. The molecular formula is C15H23FN2O2. The van der Waals surface area contributed by atoms with E-state index >= 15 is 0 Å². The number of amides is 1. The lowest BCUT2D eigenvalue weighted by molar-refractivity contribution is -0.133. The van der Waals surface area contributed by atoms with Crippen LogP contribution in [0.5, 0.6) is 5.75 Å². The molecule has 20 heavy (non-hydrogen) atoms. The average molecular weight is 282 g/mol. The molecule has 0 aliphatic carbocycles. The Morgan fingerprint density at radius 3 is 2.60 bits per heavy atom. The summed E-state index contributed by atoms with van der Waals surface area (Å²) in [6.45, 7) is 6.99. The van der Waals surface area contributed by atoms with Gasteiger partial charge in [-0.25, -0.2) is 4.39 Å². The fourth-order valence-corrected chi connectivity index (χ4v) is 1.95. The Morgan fingerprint density at radius 1 is 1.40 bits per heavy atom. The predicted octanol–water partition coefficient (Wildman–Crippen LogP) is 2.35. The Labute approximate surface area is 119 Å². The smallest absolute Gasteiger partial charge is 0.260 e. The molecular weight excluding hydrogens is 259 g/mol. The van der Waals surface area contributed by atoms with Crippen LogP contribution in [0.1, 0.15) is 32.4 Å². The van der Waals surface area contributed by atoms with Gasteiger partial charge in [0.25, 0.3) is 5.91 Å². The van der Waals surface area contributed by atoms with Crippen LogP contribution < -0.4 is 10.1 Å². The molecule has 4 nitrogen and oxygen atoms in total. The van der Waals surface area contributed by atoms with Gasteiger partial charge in [0.15, 0.2) is 6.61 Å². The summed E-state index contributed by atoms with van der Waals surface area (Å²) in [5, 5.41) is 3.08. The van der Waals surface area contributed by atoms with Gasteiger partial charge in [-0.2, -0.15) is 0 Å². The zero-order valence-corrected chi connectivity index (χ0v) is 12.6. The summed E-state index contributed by atoms with van der Waals surface area (Å²) in [4.78, 5) is 13.6. The van der Waals surface area contributed by atoms with Crippen molar-refractivity contribution in [2.45, 2.75) is 26.8 Å². The van der Waals surface area contributed by atoms with Crippen molar-refractivity contribution in [3.05, 3.63) is 29.6 Å². The highest BCUT2D eigenvalue weighted by Crippen LogP contribution is 2.26. The van der Waals surface area contributed by atoms with Crippen molar-refractivity contribution >= 4 is 5.91 Å². The first kappa shape index (κ1) is 16.4. The largest absolute Gasteiger partial charge is 0.483 e. The lowest BCUT2D eigenvalue weighted by Crippen LogP contribution is -2.34. The second-order valence-electron chi connectivity index (χ2n) is 4.55. The lowest BCUT2D eigenvalue weighted by atomic mass is 10.1. The number of ether oxygens (including phenoxy) is 1. The van der Waals surface area contributed by atoms with E-state index in [1.807, 2.05) is 27.8 Å². The molecule has 112 valence electrons. The van der Waals surface area contributed by atoms with E-state index in [0.29, 0.717) is 18.8 Å². The average Bonchev–Trinajstić information content (AvgIpc) is 2.45. The minimum absolute atomic E-state index is 0.0224. The van der Waals surface area contributed by atoms with Crippen LogP contribution in [-0.4, -0.2) is 37.6 Å². The maximum absolute atomic E-state index is 13.3. The molecule has 5 heteroatoms. The summed E-state index contributed by atoms with van der Waals surface area (Å²) in [6, 6.07) is 4.41. The molecule has 1 unspecified atom stereocenters. The van der Waals surface area contributed by atoms with E-state index in [0.717, 1.165) is 5.56 Å². The van der Waals surface area contributed by atoms with E-state index in [-0.39, 0.29) is 24.4 Å². The first-order valence-electron chi connectivity index (χ1n) is 6.90. The minimum atomic E-state index is -0.373. The molecule has 0 saturated heterocycles. The van der Waals surface area contributed by atoms with Gasteiger partial charge < -0.3 is 15.0 Å². The molecule has 1 amide bonds. The molecule has 0 saturated carbocycles. The fourth-order valence-electron chi connectivity index (χ4n) is 1.95. The minimum Gasteiger partial charge on any atom is -0.483 e. The first-order chi connectivity index (χ1) is 9.53. The summed E-state index contributed by atoms with van der Waals surface area (Å²) in [5.41, 5.74) is 0.834. The van der Waals surface area contributed by atoms with Crippen LogP contribution >= 0.6 is 0 Å². The second-order valence-corrected chi connectivity index (χ2v) is 4.55. The number of benzene rings is 1. The van der Waals surface area contributed by atoms with Crippen LogP contribution in [0.3, 0.4) is 0 Å². The first-order valence-corrected chi connectivity index (χ1v) is 6.90. The Kier molecular flexibility index (Phi) is 6.45. The standard InChI is InChI=1S/C15H23FN2O2/c1-5-18(6-2)15(19)10-20-14-9-12(16)7-8-13(14)11(3)17-4/h7-9,11,17H,5-6,10H2,1-4H3. The highest BCUT2D eigenvalue weighted by atomic mass is 19.1. The molecule has 0 heterocycles. The Hall–Kier alpha value is -1.62. The zero-order valence-electron chi connectivity index (χ0n) is 12.6. The molecule has 1 N–H and O–H groups in total.